The average molecular weight is 309 g/mol. The van der Waals surface area contributed by atoms with Crippen LogP contribution in [0.15, 0.2) is 34.9 Å². The molecule has 0 bridgehead atoms. The predicted molar refractivity (Wildman–Crippen MR) is 87.2 cm³/mol. The van der Waals surface area contributed by atoms with Crippen LogP contribution in [0.5, 0.6) is 0 Å². The highest BCUT2D eigenvalue weighted by molar-refractivity contribution is 5.84. The Labute approximate surface area is 137 Å². The summed E-state index contributed by atoms with van der Waals surface area (Å²) in [4.78, 5) is 11.7. The Morgan fingerprint density at radius 3 is 3.00 bits per heavy atom. The molecule has 0 spiro atoms. The summed E-state index contributed by atoms with van der Waals surface area (Å²) in [5.74, 6) is 1.10. The number of fused-ring (bicyclic) bond motifs is 4. The molecule has 4 aliphatic rings. The minimum absolute atomic E-state index is 0.171. The number of hydrogen-bond donors (Lipinski definition) is 1. The molecule has 0 amide bonds. The minimum atomic E-state index is -0.991. The summed E-state index contributed by atoms with van der Waals surface area (Å²) in [6, 6.07) is 2.17. The van der Waals surface area contributed by atoms with Gasteiger partial charge in [0.1, 0.15) is 11.4 Å². The highest BCUT2D eigenvalue weighted by Gasteiger charge is 2.57. The maximum absolute atomic E-state index is 11.7. The molecular formula is C20H23NO2. The van der Waals surface area contributed by atoms with Gasteiger partial charge in [-0.2, -0.15) is 5.26 Å². The normalized spacial score (nSPS) is 41.8. The Balaban J connectivity index is 1.70. The first-order chi connectivity index (χ1) is 11.0. The third-order valence-corrected chi connectivity index (χ3v) is 6.88. The molecule has 0 heterocycles. The van der Waals surface area contributed by atoms with Crippen LogP contribution in [0.4, 0.5) is 0 Å². The van der Waals surface area contributed by atoms with Crippen molar-refractivity contribution in [3.05, 3.63) is 34.9 Å². The number of nitriles is 1. The fraction of sp³-hybridized carbons (Fsp3) is 0.600. The van der Waals surface area contributed by atoms with Crippen LogP contribution in [-0.4, -0.2) is 16.5 Å². The summed E-state index contributed by atoms with van der Waals surface area (Å²) >= 11 is 0. The van der Waals surface area contributed by atoms with Gasteiger partial charge in [-0.25, -0.2) is 0 Å². The van der Waals surface area contributed by atoms with Crippen molar-refractivity contribution in [3.8, 4) is 6.07 Å². The monoisotopic (exact) mass is 309 g/mol. The average Bonchev–Trinajstić information content (AvgIpc) is 2.79. The van der Waals surface area contributed by atoms with E-state index in [1.54, 1.807) is 0 Å². The first-order valence-corrected chi connectivity index (χ1v) is 8.70. The van der Waals surface area contributed by atoms with Gasteiger partial charge in [0.15, 0.2) is 0 Å². The second-order valence-corrected chi connectivity index (χ2v) is 7.85. The number of allylic oxidation sites excluding steroid dienone is 5. The van der Waals surface area contributed by atoms with Gasteiger partial charge in [0.05, 0.1) is 12.5 Å². The quantitative estimate of drug-likeness (QED) is 0.753. The molecule has 4 atom stereocenters. The SMILES string of the molecule is C[C@]12CCC3=C4CCC(=O)CC4=CC[C@H]3[C@@H]1C=C[C@@]2(O)CC#N. The van der Waals surface area contributed by atoms with Gasteiger partial charge in [0, 0.05) is 18.3 Å². The van der Waals surface area contributed by atoms with Gasteiger partial charge in [-0.3, -0.25) is 4.79 Å². The molecule has 0 aromatic carbocycles. The number of rotatable bonds is 1. The van der Waals surface area contributed by atoms with Crippen LogP contribution in [0, 0.1) is 28.6 Å². The van der Waals surface area contributed by atoms with Crippen molar-refractivity contribution in [1.29, 1.82) is 5.26 Å². The van der Waals surface area contributed by atoms with E-state index in [0.29, 0.717) is 30.5 Å². The van der Waals surface area contributed by atoms with Crippen LogP contribution < -0.4 is 0 Å². The summed E-state index contributed by atoms with van der Waals surface area (Å²) in [6.07, 6.45) is 11.5. The summed E-state index contributed by atoms with van der Waals surface area (Å²) in [5, 5.41) is 20.1. The van der Waals surface area contributed by atoms with Gasteiger partial charge >= 0.3 is 0 Å². The van der Waals surface area contributed by atoms with E-state index in [1.807, 2.05) is 6.08 Å². The van der Waals surface area contributed by atoms with Gasteiger partial charge in [-0.1, -0.05) is 30.7 Å². The Morgan fingerprint density at radius 1 is 1.39 bits per heavy atom. The van der Waals surface area contributed by atoms with E-state index in [0.717, 1.165) is 25.7 Å². The molecule has 23 heavy (non-hydrogen) atoms. The van der Waals surface area contributed by atoms with Crippen LogP contribution in [0.3, 0.4) is 0 Å². The number of carbonyl (C=O) groups excluding carboxylic acids is 1. The van der Waals surface area contributed by atoms with Crippen LogP contribution in [0.1, 0.15) is 51.9 Å². The Hall–Kier alpha value is -1.66. The zero-order valence-electron chi connectivity index (χ0n) is 13.6. The maximum Gasteiger partial charge on any atom is 0.137 e. The maximum atomic E-state index is 11.7. The molecule has 0 saturated heterocycles. The Kier molecular flexibility index (Phi) is 3.19. The number of nitrogens with zero attached hydrogens (tertiary/aromatic N) is 1. The zero-order chi connectivity index (χ0) is 16.2. The molecule has 2 fully saturated rings. The summed E-state index contributed by atoms with van der Waals surface area (Å²) < 4.78 is 0. The molecule has 2 saturated carbocycles. The molecule has 0 aromatic rings. The van der Waals surface area contributed by atoms with Crippen LogP contribution >= 0.6 is 0 Å². The molecule has 3 heteroatoms. The zero-order valence-corrected chi connectivity index (χ0v) is 13.6. The van der Waals surface area contributed by atoms with E-state index in [2.05, 4.69) is 25.1 Å². The van der Waals surface area contributed by atoms with Gasteiger partial charge in [0.25, 0.3) is 0 Å². The Morgan fingerprint density at radius 2 is 2.22 bits per heavy atom. The summed E-state index contributed by atoms with van der Waals surface area (Å²) in [7, 11) is 0. The molecule has 0 unspecified atom stereocenters. The lowest BCUT2D eigenvalue weighted by molar-refractivity contribution is -0.118. The van der Waals surface area contributed by atoms with E-state index < -0.39 is 5.60 Å². The van der Waals surface area contributed by atoms with Crippen LogP contribution in [0.25, 0.3) is 0 Å². The van der Waals surface area contributed by atoms with E-state index >= 15 is 0 Å². The molecule has 0 aliphatic heterocycles. The largest absolute Gasteiger partial charge is 0.384 e. The van der Waals surface area contributed by atoms with E-state index in [-0.39, 0.29) is 11.8 Å². The predicted octanol–water partition coefficient (Wildman–Crippen LogP) is 3.61. The summed E-state index contributed by atoms with van der Waals surface area (Å²) in [6.45, 7) is 2.15. The molecule has 4 rings (SSSR count). The molecule has 3 nitrogen and oxygen atoms in total. The second kappa shape index (κ2) is 4.92. The first kappa shape index (κ1) is 14.9. The van der Waals surface area contributed by atoms with E-state index in [1.165, 1.54) is 16.7 Å². The number of Topliss-reactive ketones (excluding diaryl/α,β-unsaturated/α-hetero) is 1. The van der Waals surface area contributed by atoms with Gasteiger partial charge < -0.3 is 5.11 Å². The van der Waals surface area contributed by atoms with Crippen molar-refractivity contribution in [2.45, 2.75) is 57.5 Å². The molecule has 4 aliphatic carbocycles. The van der Waals surface area contributed by atoms with Crippen molar-refractivity contribution in [2.75, 3.05) is 0 Å². The number of hydrogen-bond acceptors (Lipinski definition) is 3. The lowest BCUT2D eigenvalue weighted by atomic mass is 9.54. The molecular weight excluding hydrogens is 286 g/mol. The fourth-order valence-corrected chi connectivity index (χ4v) is 5.42. The second-order valence-electron chi connectivity index (χ2n) is 7.85. The molecule has 0 radical (unpaired) electrons. The van der Waals surface area contributed by atoms with Crippen molar-refractivity contribution < 1.29 is 9.90 Å². The van der Waals surface area contributed by atoms with E-state index in [4.69, 9.17) is 5.26 Å². The molecule has 0 aromatic heterocycles. The number of carbonyl (C=O) groups is 1. The van der Waals surface area contributed by atoms with Crippen molar-refractivity contribution in [3.63, 3.8) is 0 Å². The third-order valence-electron chi connectivity index (χ3n) is 6.88. The van der Waals surface area contributed by atoms with E-state index in [9.17, 15) is 9.90 Å². The van der Waals surface area contributed by atoms with Crippen molar-refractivity contribution >= 4 is 5.78 Å². The van der Waals surface area contributed by atoms with Gasteiger partial charge in [-0.05, 0) is 48.7 Å². The fourth-order valence-electron chi connectivity index (χ4n) is 5.42. The lowest BCUT2D eigenvalue weighted by Gasteiger charge is -2.51. The van der Waals surface area contributed by atoms with Crippen LogP contribution in [0.2, 0.25) is 0 Å². The Bertz CT molecular complexity index is 708. The topological polar surface area (TPSA) is 61.1 Å². The first-order valence-electron chi connectivity index (χ1n) is 8.70. The number of aliphatic hydroxyl groups is 1. The smallest absolute Gasteiger partial charge is 0.137 e. The minimum Gasteiger partial charge on any atom is -0.384 e. The number of ketones is 1. The van der Waals surface area contributed by atoms with Crippen LogP contribution in [-0.2, 0) is 4.79 Å². The molecule has 120 valence electrons. The standard InChI is InChI=1S/C20H23NO2/c1-19-8-6-16-15-5-3-14(22)12-13(15)2-4-17(16)18(19)7-9-20(19,23)10-11-21/h2,7,9,17-18,23H,3-6,8,10,12H2,1H3/t17-,18+,19+,20-/m1/s1. The molecule has 1 N–H and O–H groups in total. The highest BCUT2D eigenvalue weighted by Crippen LogP contribution is 2.61. The lowest BCUT2D eigenvalue weighted by Crippen LogP contribution is -2.50. The third kappa shape index (κ3) is 1.94. The summed E-state index contributed by atoms with van der Waals surface area (Å²) in [5.41, 5.74) is 3.00. The van der Waals surface area contributed by atoms with Crippen molar-refractivity contribution in [2.24, 2.45) is 17.3 Å². The highest BCUT2D eigenvalue weighted by atomic mass is 16.3. The van der Waals surface area contributed by atoms with Gasteiger partial charge in [-0.15, -0.1) is 0 Å². The van der Waals surface area contributed by atoms with Crippen molar-refractivity contribution in [1.82, 2.24) is 0 Å². The van der Waals surface area contributed by atoms with Gasteiger partial charge in [0.2, 0.25) is 0 Å².